The topological polar surface area (TPSA) is 55.4 Å². The van der Waals surface area contributed by atoms with Gasteiger partial charge in [0.2, 0.25) is 0 Å². The molecule has 0 fully saturated rings. The first-order valence-electron chi connectivity index (χ1n) is 6.15. The van der Waals surface area contributed by atoms with Crippen molar-refractivity contribution in [1.29, 1.82) is 0 Å². The molecule has 0 atom stereocenters. The van der Waals surface area contributed by atoms with E-state index in [1.165, 1.54) is 0 Å². The smallest absolute Gasteiger partial charge is 0.255 e. The maximum absolute atomic E-state index is 12.1. The second-order valence-electron chi connectivity index (χ2n) is 4.38. The molecule has 0 saturated heterocycles. The summed E-state index contributed by atoms with van der Waals surface area (Å²) in [4.78, 5) is 22.8. The van der Waals surface area contributed by atoms with Crippen LogP contribution in [0.25, 0.3) is 0 Å². The average molecular weight is 269 g/mol. The van der Waals surface area contributed by atoms with E-state index in [2.05, 4.69) is 5.32 Å². The molecule has 4 nitrogen and oxygen atoms in total. The molecule has 102 valence electrons. The van der Waals surface area contributed by atoms with Crippen LogP contribution in [0.1, 0.15) is 26.3 Å². The molecule has 2 aromatic rings. The van der Waals surface area contributed by atoms with Crippen LogP contribution in [-0.4, -0.2) is 19.3 Å². The lowest BCUT2D eigenvalue weighted by molar-refractivity contribution is 0.102. The predicted molar refractivity (Wildman–Crippen MR) is 77.5 cm³/mol. The monoisotopic (exact) mass is 269 g/mol. The Labute approximate surface area is 117 Å². The minimum absolute atomic E-state index is 0.244. The van der Waals surface area contributed by atoms with Crippen LogP contribution in [0, 0.1) is 6.92 Å². The fraction of sp³-hybridized carbons (Fsp3) is 0.125. The van der Waals surface area contributed by atoms with E-state index in [0.29, 0.717) is 22.6 Å². The number of rotatable bonds is 4. The second kappa shape index (κ2) is 6.02. The van der Waals surface area contributed by atoms with Crippen LogP contribution in [0.4, 0.5) is 5.69 Å². The summed E-state index contributed by atoms with van der Waals surface area (Å²) in [5, 5.41) is 2.75. The van der Waals surface area contributed by atoms with Gasteiger partial charge in [-0.2, -0.15) is 0 Å². The van der Waals surface area contributed by atoms with Gasteiger partial charge in [-0.05, 0) is 36.8 Å². The van der Waals surface area contributed by atoms with Crippen molar-refractivity contribution in [2.75, 3.05) is 12.4 Å². The first-order valence-corrected chi connectivity index (χ1v) is 6.15. The lowest BCUT2D eigenvalue weighted by atomic mass is 10.1. The molecule has 0 radical (unpaired) electrons. The van der Waals surface area contributed by atoms with Crippen molar-refractivity contribution < 1.29 is 14.3 Å². The molecule has 0 aliphatic rings. The van der Waals surface area contributed by atoms with Gasteiger partial charge in [-0.3, -0.25) is 9.59 Å². The molecule has 0 bridgehead atoms. The van der Waals surface area contributed by atoms with Gasteiger partial charge in [0.1, 0.15) is 12.0 Å². The molecule has 0 heterocycles. The molecule has 0 aliphatic heterocycles. The highest BCUT2D eigenvalue weighted by Crippen LogP contribution is 2.20. The third-order valence-corrected chi connectivity index (χ3v) is 2.95. The van der Waals surface area contributed by atoms with Crippen LogP contribution in [0.15, 0.2) is 42.5 Å². The Morgan fingerprint density at radius 2 is 2.00 bits per heavy atom. The number of anilines is 1. The van der Waals surface area contributed by atoms with Gasteiger partial charge in [0, 0.05) is 16.8 Å². The predicted octanol–water partition coefficient (Wildman–Crippen LogP) is 3.07. The number of aryl methyl sites for hydroxylation is 1. The molecule has 0 unspecified atom stereocenters. The summed E-state index contributed by atoms with van der Waals surface area (Å²) in [7, 11) is 1.57. The van der Waals surface area contributed by atoms with Crippen LogP contribution < -0.4 is 10.1 Å². The minimum atomic E-state index is -0.244. The Balaban J connectivity index is 2.21. The van der Waals surface area contributed by atoms with Gasteiger partial charge in [0.25, 0.3) is 5.91 Å². The van der Waals surface area contributed by atoms with Crippen LogP contribution in [0.3, 0.4) is 0 Å². The normalized spacial score (nSPS) is 9.90. The van der Waals surface area contributed by atoms with Crippen molar-refractivity contribution >= 4 is 17.9 Å². The van der Waals surface area contributed by atoms with Gasteiger partial charge >= 0.3 is 0 Å². The van der Waals surface area contributed by atoms with Crippen LogP contribution >= 0.6 is 0 Å². The lowest BCUT2D eigenvalue weighted by Crippen LogP contribution is -2.12. The highest BCUT2D eigenvalue weighted by molar-refractivity contribution is 6.04. The second-order valence-corrected chi connectivity index (χ2v) is 4.38. The molecular formula is C16H15NO3. The van der Waals surface area contributed by atoms with Crippen molar-refractivity contribution in [2.24, 2.45) is 0 Å². The van der Waals surface area contributed by atoms with E-state index in [1.807, 2.05) is 13.0 Å². The van der Waals surface area contributed by atoms with Crippen LogP contribution in [0.2, 0.25) is 0 Å². The van der Waals surface area contributed by atoms with Crippen LogP contribution in [0.5, 0.6) is 5.75 Å². The van der Waals surface area contributed by atoms with Crippen molar-refractivity contribution in [3.8, 4) is 5.75 Å². The molecule has 4 heteroatoms. The summed E-state index contributed by atoms with van der Waals surface area (Å²) in [5.41, 5.74) is 2.57. The van der Waals surface area contributed by atoms with Gasteiger partial charge < -0.3 is 10.1 Å². The molecule has 0 spiro atoms. The molecular weight excluding hydrogens is 254 g/mol. The quantitative estimate of drug-likeness (QED) is 0.868. The van der Waals surface area contributed by atoms with E-state index < -0.39 is 0 Å². The molecule has 0 saturated carbocycles. The summed E-state index contributed by atoms with van der Waals surface area (Å²) in [6.07, 6.45) is 0.741. The number of carbonyl (C=O) groups is 2. The van der Waals surface area contributed by atoms with Crippen molar-refractivity contribution in [1.82, 2.24) is 0 Å². The van der Waals surface area contributed by atoms with E-state index in [9.17, 15) is 9.59 Å². The third-order valence-electron chi connectivity index (χ3n) is 2.95. The molecule has 0 aromatic heterocycles. The summed E-state index contributed by atoms with van der Waals surface area (Å²) < 4.78 is 5.20. The average Bonchev–Trinajstić information content (AvgIpc) is 2.47. The molecule has 1 N–H and O–H groups in total. The Morgan fingerprint density at radius 3 is 2.70 bits per heavy atom. The molecule has 0 aliphatic carbocycles. The summed E-state index contributed by atoms with van der Waals surface area (Å²) in [5.74, 6) is 0.422. The van der Waals surface area contributed by atoms with E-state index in [1.54, 1.807) is 43.5 Å². The van der Waals surface area contributed by atoms with Gasteiger partial charge in [0.15, 0.2) is 0 Å². The third kappa shape index (κ3) is 3.03. The zero-order valence-corrected chi connectivity index (χ0v) is 11.3. The van der Waals surface area contributed by atoms with E-state index in [-0.39, 0.29) is 5.91 Å². The number of methoxy groups -OCH3 is 1. The largest absolute Gasteiger partial charge is 0.496 e. The number of nitrogens with one attached hydrogen (secondary N) is 1. The number of carbonyl (C=O) groups excluding carboxylic acids is 2. The zero-order valence-electron chi connectivity index (χ0n) is 11.3. The first kappa shape index (κ1) is 13.8. The number of amides is 1. The van der Waals surface area contributed by atoms with E-state index in [0.717, 1.165) is 11.8 Å². The van der Waals surface area contributed by atoms with Gasteiger partial charge in [0.05, 0.1) is 7.11 Å². The van der Waals surface area contributed by atoms with E-state index in [4.69, 9.17) is 4.74 Å². The first-order chi connectivity index (χ1) is 9.63. The number of ether oxygens (including phenoxy) is 1. The van der Waals surface area contributed by atoms with Crippen molar-refractivity contribution in [2.45, 2.75) is 6.92 Å². The SMILES string of the molecule is COc1cc(C(=O)Nc2cccc(C=O)c2)ccc1C. The highest BCUT2D eigenvalue weighted by Gasteiger charge is 2.09. The standard InChI is InChI=1S/C16H15NO3/c1-11-6-7-13(9-15(11)20-2)16(19)17-14-5-3-4-12(8-14)10-18/h3-10H,1-2H3,(H,17,19). The number of benzene rings is 2. The zero-order chi connectivity index (χ0) is 14.5. The Morgan fingerprint density at radius 1 is 1.20 bits per heavy atom. The van der Waals surface area contributed by atoms with Gasteiger partial charge in [-0.25, -0.2) is 0 Å². The summed E-state index contributed by atoms with van der Waals surface area (Å²) in [6, 6.07) is 12.0. The Kier molecular flexibility index (Phi) is 4.15. The van der Waals surface area contributed by atoms with Gasteiger partial charge in [-0.1, -0.05) is 18.2 Å². The Bertz CT molecular complexity index is 650. The number of hydrogen-bond acceptors (Lipinski definition) is 3. The maximum Gasteiger partial charge on any atom is 0.255 e. The van der Waals surface area contributed by atoms with E-state index >= 15 is 0 Å². The minimum Gasteiger partial charge on any atom is -0.496 e. The molecule has 2 rings (SSSR count). The van der Waals surface area contributed by atoms with Crippen LogP contribution in [-0.2, 0) is 0 Å². The van der Waals surface area contributed by atoms with Gasteiger partial charge in [-0.15, -0.1) is 0 Å². The lowest BCUT2D eigenvalue weighted by Gasteiger charge is -2.09. The summed E-state index contributed by atoms with van der Waals surface area (Å²) in [6.45, 7) is 1.91. The fourth-order valence-electron chi connectivity index (χ4n) is 1.85. The molecule has 1 amide bonds. The van der Waals surface area contributed by atoms with Crippen molar-refractivity contribution in [3.05, 3.63) is 59.2 Å². The maximum atomic E-state index is 12.1. The number of hydrogen-bond donors (Lipinski definition) is 1. The fourth-order valence-corrected chi connectivity index (χ4v) is 1.85. The highest BCUT2D eigenvalue weighted by atomic mass is 16.5. The number of aldehydes is 1. The van der Waals surface area contributed by atoms with Crippen molar-refractivity contribution in [3.63, 3.8) is 0 Å². The Hall–Kier alpha value is -2.62. The summed E-state index contributed by atoms with van der Waals surface area (Å²) >= 11 is 0. The molecule has 2 aromatic carbocycles. The molecule has 20 heavy (non-hydrogen) atoms.